The summed E-state index contributed by atoms with van der Waals surface area (Å²) in [5.41, 5.74) is 0.646. The van der Waals surface area contributed by atoms with Crippen LogP contribution in [-0.2, 0) is 25.9 Å². The molecule has 0 fully saturated rings. The first-order chi connectivity index (χ1) is 15.7. The number of hydrogen-bond acceptors (Lipinski definition) is 8. The summed E-state index contributed by atoms with van der Waals surface area (Å²) in [4.78, 5) is 29.8. The SMILES string of the molecule is CCOC(=O)Cn1c(=NC(=O)c2cccc(S(=O)(=O)CC)c2)sc2c(OC)ccc(OC)c21. The first-order valence-electron chi connectivity index (χ1n) is 10.1. The number of fused-ring (bicyclic) bond motifs is 1. The number of nitrogens with zero attached hydrogens (tertiary/aromatic N) is 2. The van der Waals surface area contributed by atoms with Gasteiger partial charge in [0.05, 0.1) is 31.5 Å². The fourth-order valence-electron chi connectivity index (χ4n) is 3.16. The van der Waals surface area contributed by atoms with Crippen molar-refractivity contribution in [3.05, 3.63) is 46.8 Å². The topological polar surface area (TPSA) is 113 Å². The summed E-state index contributed by atoms with van der Waals surface area (Å²) in [7, 11) is -0.479. The smallest absolute Gasteiger partial charge is 0.326 e. The highest BCUT2D eigenvalue weighted by atomic mass is 32.2. The van der Waals surface area contributed by atoms with Crippen molar-refractivity contribution < 1.29 is 32.2 Å². The van der Waals surface area contributed by atoms with Gasteiger partial charge in [0.2, 0.25) is 0 Å². The third-order valence-electron chi connectivity index (χ3n) is 4.80. The molecular formula is C22H24N2O7S2. The molecule has 3 aromatic rings. The van der Waals surface area contributed by atoms with E-state index in [0.717, 1.165) is 11.3 Å². The van der Waals surface area contributed by atoms with Gasteiger partial charge in [-0.15, -0.1) is 0 Å². The molecular weight excluding hydrogens is 468 g/mol. The fraction of sp³-hybridized carbons (Fsp3) is 0.318. The number of carbonyl (C=O) groups excluding carboxylic acids is 2. The number of methoxy groups -OCH3 is 2. The van der Waals surface area contributed by atoms with Gasteiger partial charge in [-0.2, -0.15) is 4.99 Å². The van der Waals surface area contributed by atoms with Crippen LogP contribution in [0, 0.1) is 0 Å². The first kappa shape index (κ1) is 24.5. The molecule has 0 bridgehead atoms. The van der Waals surface area contributed by atoms with E-state index in [9.17, 15) is 18.0 Å². The van der Waals surface area contributed by atoms with Gasteiger partial charge in [-0.25, -0.2) is 8.42 Å². The second kappa shape index (κ2) is 10.2. The van der Waals surface area contributed by atoms with Crippen LogP contribution in [0.4, 0.5) is 0 Å². The summed E-state index contributed by atoms with van der Waals surface area (Å²) >= 11 is 1.15. The monoisotopic (exact) mass is 492 g/mol. The highest BCUT2D eigenvalue weighted by Crippen LogP contribution is 2.35. The molecule has 1 heterocycles. The van der Waals surface area contributed by atoms with Gasteiger partial charge in [0.15, 0.2) is 14.6 Å². The molecule has 0 atom stereocenters. The molecule has 0 aliphatic rings. The van der Waals surface area contributed by atoms with Gasteiger partial charge in [-0.05, 0) is 37.3 Å². The Balaban J connectivity index is 2.22. The molecule has 176 valence electrons. The molecule has 33 heavy (non-hydrogen) atoms. The molecule has 1 aromatic heterocycles. The van der Waals surface area contributed by atoms with Crippen LogP contribution in [0.3, 0.4) is 0 Å². The number of ether oxygens (including phenoxy) is 3. The Morgan fingerprint density at radius 3 is 2.39 bits per heavy atom. The lowest BCUT2D eigenvalue weighted by atomic mass is 10.2. The van der Waals surface area contributed by atoms with Gasteiger partial charge in [-0.1, -0.05) is 24.3 Å². The van der Waals surface area contributed by atoms with Crippen LogP contribution >= 0.6 is 11.3 Å². The van der Waals surface area contributed by atoms with Crippen LogP contribution in [0.2, 0.25) is 0 Å². The van der Waals surface area contributed by atoms with Gasteiger partial charge in [-0.3, -0.25) is 9.59 Å². The molecule has 0 saturated carbocycles. The van der Waals surface area contributed by atoms with E-state index in [1.165, 1.54) is 50.0 Å². The molecule has 0 saturated heterocycles. The molecule has 0 unspecified atom stereocenters. The Morgan fingerprint density at radius 2 is 1.76 bits per heavy atom. The summed E-state index contributed by atoms with van der Waals surface area (Å²) in [6, 6.07) is 9.14. The van der Waals surface area contributed by atoms with Crippen molar-refractivity contribution in [2.24, 2.45) is 4.99 Å². The van der Waals surface area contributed by atoms with Gasteiger partial charge in [0.25, 0.3) is 5.91 Å². The fourth-order valence-corrected chi connectivity index (χ4v) is 5.22. The van der Waals surface area contributed by atoms with Crippen LogP contribution in [0.15, 0.2) is 46.3 Å². The lowest BCUT2D eigenvalue weighted by molar-refractivity contribution is -0.143. The zero-order valence-corrected chi connectivity index (χ0v) is 20.3. The van der Waals surface area contributed by atoms with Crippen LogP contribution < -0.4 is 14.3 Å². The minimum Gasteiger partial charge on any atom is -0.495 e. The maximum atomic E-state index is 13.0. The highest BCUT2D eigenvalue weighted by molar-refractivity contribution is 7.91. The van der Waals surface area contributed by atoms with Crippen molar-refractivity contribution in [1.82, 2.24) is 4.57 Å². The Kier molecular flexibility index (Phi) is 7.54. The summed E-state index contributed by atoms with van der Waals surface area (Å²) in [5.74, 6) is -0.246. The third-order valence-corrected chi connectivity index (χ3v) is 7.63. The highest BCUT2D eigenvalue weighted by Gasteiger charge is 2.20. The molecule has 2 aromatic carbocycles. The molecule has 0 spiro atoms. The molecule has 0 N–H and O–H groups in total. The number of amides is 1. The van der Waals surface area contributed by atoms with E-state index < -0.39 is 21.7 Å². The normalized spacial score (nSPS) is 12.1. The van der Waals surface area contributed by atoms with E-state index in [4.69, 9.17) is 14.2 Å². The lowest BCUT2D eigenvalue weighted by Gasteiger charge is -2.10. The lowest BCUT2D eigenvalue weighted by Crippen LogP contribution is -2.23. The minimum absolute atomic E-state index is 0.0464. The van der Waals surface area contributed by atoms with Crippen molar-refractivity contribution in [2.75, 3.05) is 26.6 Å². The van der Waals surface area contributed by atoms with Gasteiger partial charge >= 0.3 is 5.97 Å². The molecule has 1 amide bonds. The number of hydrogen-bond donors (Lipinski definition) is 0. The van der Waals surface area contributed by atoms with Crippen molar-refractivity contribution >= 4 is 43.3 Å². The van der Waals surface area contributed by atoms with Crippen LogP contribution in [0.5, 0.6) is 11.5 Å². The predicted octanol–water partition coefficient (Wildman–Crippen LogP) is 2.82. The quantitative estimate of drug-likeness (QED) is 0.444. The minimum atomic E-state index is -3.49. The van der Waals surface area contributed by atoms with Crippen molar-refractivity contribution in [2.45, 2.75) is 25.3 Å². The van der Waals surface area contributed by atoms with Gasteiger partial charge in [0.1, 0.15) is 28.3 Å². The number of aromatic nitrogens is 1. The van der Waals surface area contributed by atoms with E-state index >= 15 is 0 Å². The Hall–Kier alpha value is -3.18. The number of rotatable bonds is 8. The Bertz CT molecular complexity index is 1370. The zero-order valence-electron chi connectivity index (χ0n) is 18.7. The number of carbonyl (C=O) groups is 2. The number of esters is 1. The van der Waals surface area contributed by atoms with Crippen LogP contribution in [0.25, 0.3) is 10.2 Å². The maximum Gasteiger partial charge on any atom is 0.326 e. The van der Waals surface area contributed by atoms with Gasteiger partial charge in [0, 0.05) is 5.56 Å². The second-order valence-electron chi connectivity index (χ2n) is 6.77. The van der Waals surface area contributed by atoms with E-state index in [1.807, 2.05) is 0 Å². The first-order valence-corrected chi connectivity index (χ1v) is 12.5. The molecule has 0 radical (unpaired) electrons. The molecule has 11 heteroatoms. The maximum absolute atomic E-state index is 13.0. The molecule has 0 aliphatic heterocycles. The standard InChI is InChI=1S/C22H24N2O7S2/c1-5-31-18(25)13-24-19-16(29-3)10-11-17(30-4)20(19)32-22(24)23-21(26)14-8-7-9-15(12-14)33(27,28)6-2/h7-12H,5-6,13H2,1-4H3. The number of benzene rings is 2. The summed E-state index contributed by atoms with van der Waals surface area (Å²) < 4.78 is 42.6. The van der Waals surface area contributed by atoms with E-state index in [1.54, 1.807) is 19.1 Å². The summed E-state index contributed by atoms with van der Waals surface area (Å²) in [6.45, 7) is 3.23. The van der Waals surface area contributed by atoms with Gasteiger partial charge < -0.3 is 18.8 Å². The summed E-state index contributed by atoms with van der Waals surface area (Å²) in [6.07, 6.45) is 0. The average Bonchev–Trinajstić information content (AvgIpc) is 3.16. The van der Waals surface area contributed by atoms with Crippen molar-refractivity contribution in [3.63, 3.8) is 0 Å². The van der Waals surface area contributed by atoms with Crippen molar-refractivity contribution in [1.29, 1.82) is 0 Å². The zero-order chi connectivity index (χ0) is 24.2. The predicted molar refractivity (Wildman–Crippen MR) is 124 cm³/mol. The van der Waals surface area contributed by atoms with Crippen LogP contribution in [0.1, 0.15) is 24.2 Å². The van der Waals surface area contributed by atoms with Crippen LogP contribution in [-0.4, -0.2) is 51.4 Å². The Labute approximate surface area is 195 Å². The van der Waals surface area contributed by atoms with Crippen molar-refractivity contribution in [3.8, 4) is 11.5 Å². The number of thiazole rings is 1. The molecule has 3 rings (SSSR count). The third kappa shape index (κ3) is 5.09. The van der Waals surface area contributed by atoms with E-state index in [0.29, 0.717) is 21.7 Å². The summed E-state index contributed by atoms with van der Waals surface area (Å²) in [5, 5.41) is 0. The number of sulfone groups is 1. The Morgan fingerprint density at radius 1 is 1.06 bits per heavy atom. The largest absolute Gasteiger partial charge is 0.495 e. The van der Waals surface area contributed by atoms with E-state index in [-0.39, 0.29) is 34.2 Å². The second-order valence-corrected chi connectivity index (χ2v) is 10.0. The molecule has 0 aliphatic carbocycles. The molecule has 9 nitrogen and oxygen atoms in total. The average molecular weight is 493 g/mol. The van der Waals surface area contributed by atoms with E-state index in [2.05, 4.69) is 4.99 Å².